The Morgan fingerprint density at radius 3 is 2.77 bits per heavy atom. The number of ether oxygens (including phenoxy) is 1. The molecule has 4 rings (SSSR count). The Kier molecular flexibility index (Phi) is 5.18. The van der Waals surface area contributed by atoms with Gasteiger partial charge in [0.1, 0.15) is 0 Å². The Morgan fingerprint density at radius 2 is 2.10 bits per heavy atom. The van der Waals surface area contributed by atoms with E-state index in [1.54, 1.807) is 36.4 Å². The second-order valence-electron chi connectivity index (χ2n) is 6.74. The molecule has 1 unspecified atom stereocenters. The summed E-state index contributed by atoms with van der Waals surface area (Å²) in [6.07, 6.45) is -2.13. The average molecular weight is 411 g/mol. The van der Waals surface area contributed by atoms with Gasteiger partial charge in [-0.1, -0.05) is 42.5 Å². The highest BCUT2D eigenvalue weighted by atomic mass is 19.3. The van der Waals surface area contributed by atoms with Crippen LogP contribution in [0.4, 0.5) is 8.78 Å². The topological polar surface area (TPSA) is 92.3 Å². The van der Waals surface area contributed by atoms with Crippen molar-refractivity contribution in [2.75, 3.05) is 7.05 Å². The quantitative estimate of drug-likeness (QED) is 0.740. The Bertz CT molecular complexity index is 1070. The molecule has 2 aliphatic rings. The third kappa shape index (κ3) is 3.49. The Hall–Kier alpha value is -3.75. The molecule has 1 atom stereocenters. The molecule has 0 fully saturated rings. The van der Waals surface area contributed by atoms with Crippen LogP contribution in [0.5, 0.6) is 0 Å². The Labute approximate surface area is 171 Å². The average Bonchev–Trinajstić information content (AvgIpc) is 3.38. The van der Waals surface area contributed by atoms with Crippen LogP contribution in [-0.2, 0) is 11.3 Å². The molecule has 2 aromatic carbocycles. The van der Waals surface area contributed by atoms with E-state index < -0.39 is 18.6 Å². The number of amides is 1. The van der Waals surface area contributed by atoms with Gasteiger partial charge in [0.25, 0.3) is 11.8 Å². The number of fused-ring (bicyclic) bond motifs is 1. The van der Waals surface area contributed by atoms with Gasteiger partial charge in [0.2, 0.25) is 6.23 Å². The lowest BCUT2D eigenvalue weighted by Crippen LogP contribution is -2.27. The highest BCUT2D eigenvalue weighted by Crippen LogP contribution is 2.31. The molecule has 0 radical (unpaired) electrons. The highest BCUT2D eigenvalue weighted by Gasteiger charge is 2.33. The second kappa shape index (κ2) is 7.94. The smallest absolute Gasteiger partial charge is 0.314 e. The summed E-state index contributed by atoms with van der Waals surface area (Å²) in [6, 6.07) is 14.4. The van der Waals surface area contributed by atoms with E-state index in [1.165, 1.54) is 0 Å². The summed E-state index contributed by atoms with van der Waals surface area (Å²) in [5.74, 6) is -0.929. The van der Waals surface area contributed by atoms with Gasteiger partial charge < -0.3 is 15.4 Å². The van der Waals surface area contributed by atoms with Crippen LogP contribution in [-0.4, -0.2) is 36.4 Å². The number of nitrogens with one attached hydrogen (secondary N) is 1. The van der Waals surface area contributed by atoms with Crippen molar-refractivity contribution in [1.82, 2.24) is 10.3 Å². The van der Waals surface area contributed by atoms with Crippen molar-refractivity contribution >= 4 is 23.7 Å². The summed E-state index contributed by atoms with van der Waals surface area (Å²) in [6.45, 7) is 0.321. The summed E-state index contributed by atoms with van der Waals surface area (Å²) in [5, 5.41) is 3.49. The van der Waals surface area contributed by atoms with Crippen molar-refractivity contribution in [2.24, 2.45) is 15.8 Å². The minimum atomic E-state index is -2.81. The fourth-order valence-corrected chi connectivity index (χ4v) is 3.39. The van der Waals surface area contributed by atoms with Gasteiger partial charge in [0.15, 0.2) is 0 Å². The number of allylic oxidation sites excluding steroid dienone is 1. The number of halogens is 2. The normalized spacial score (nSPS) is 18.9. The van der Waals surface area contributed by atoms with E-state index >= 15 is 0 Å². The first-order chi connectivity index (χ1) is 14.5. The van der Waals surface area contributed by atoms with E-state index in [9.17, 15) is 13.6 Å². The van der Waals surface area contributed by atoms with Gasteiger partial charge in [-0.25, -0.2) is 0 Å². The molecule has 0 spiro atoms. The number of aliphatic imine (C=N–C) groups is 1. The highest BCUT2D eigenvalue weighted by molar-refractivity contribution is 6.05. The third-order valence-corrected chi connectivity index (χ3v) is 4.86. The molecule has 0 aliphatic carbocycles. The molecule has 2 aromatic rings. The van der Waals surface area contributed by atoms with Crippen LogP contribution in [0.15, 0.2) is 64.3 Å². The predicted molar refractivity (Wildman–Crippen MR) is 109 cm³/mol. The fourth-order valence-electron chi connectivity index (χ4n) is 3.39. The van der Waals surface area contributed by atoms with Crippen LogP contribution >= 0.6 is 0 Å². The van der Waals surface area contributed by atoms with E-state index in [2.05, 4.69) is 15.5 Å². The first-order valence-electron chi connectivity index (χ1n) is 9.19. The number of carbonyl (C=O) groups excluding carboxylic acids is 1. The minimum absolute atomic E-state index is 0.256. The van der Waals surface area contributed by atoms with Crippen LogP contribution < -0.4 is 11.2 Å². The van der Waals surface area contributed by atoms with Crippen LogP contribution in [0.2, 0.25) is 0 Å². The van der Waals surface area contributed by atoms with Crippen LogP contribution in [0, 0.1) is 0 Å². The first kappa shape index (κ1) is 19.6. The predicted octanol–water partition coefficient (Wildman–Crippen LogP) is 2.87. The van der Waals surface area contributed by atoms with E-state index in [0.29, 0.717) is 29.1 Å². The zero-order valence-electron chi connectivity index (χ0n) is 16.0. The van der Waals surface area contributed by atoms with Crippen LogP contribution in [0.1, 0.15) is 33.3 Å². The number of benzene rings is 2. The summed E-state index contributed by atoms with van der Waals surface area (Å²) in [7, 11) is 1.60. The summed E-state index contributed by atoms with van der Waals surface area (Å²) in [5.41, 5.74) is 12.3. The van der Waals surface area contributed by atoms with Crippen molar-refractivity contribution in [2.45, 2.75) is 19.2 Å². The largest absolute Gasteiger partial charge is 0.446 e. The van der Waals surface area contributed by atoms with Gasteiger partial charge in [-0.05, 0) is 17.2 Å². The summed E-state index contributed by atoms with van der Waals surface area (Å²) < 4.78 is 30.6. The maximum absolute atomic E-state index is 13.2. The van der Waals surface area contributed by atoms with E-state index in [4.69, 9.17) is 10.5 Å². The number of hydrogen-bond donors (Lipinski definition) is 2. The number of alkyl halides is 2. The molecule has 0 saturated carbocycles. The van der Waals surface area contributed by atoms with Gasteiger partial charge in [-0.15, -0.1) is 5.10 Å². The second-order valence-corrected chi connectivity index (χ2v) is 6.74. The number of carbonyl (C=O) groups is 1. The Morgan fingerprint density at radius 1 is 1.33 bits per heavy atom. The van der Waals surface area contributed by atoms with Crippen molar-refractivity contribution in [1.29, 1.82) is 0 Å². The molecule has 7 nitrogen and oxygen atoms in total. The van der Waals surface area contributed by atoms with E-state index in [1.807, 2.05) is 30.3 Å². The zero-order chi connectivity index (χ0) is 21.3. The fraction of sp³-hybridized carbons (Fsp3) is 0.190. The first-order valence-corrected chi connectivity index (χ1v) is 9.19. The van der Waals surface area contributed by atoms with Gasteiger partial charge >= 0.3 is 6.43 Å². The number of hydrogen-bond acceptors (Lipinski definition) is 6. The van der Waals surface area contributed by atoms with Crippen molar-refractivity contribution in [3.05, 3.63) is 76.5 Å². The summed E-state index contributed by atoms with van der Waals surface area (Å²) >= 11 is 0. The number of nitrogens with two attached hydrogens (primary N) is 1. The lowest BCUT2D eigenvalue weighted by molar-refractivity contribution is 0.0835. The molecule has 2 heterocycles. The molecule has 30 heavy (non-hydrogen) atoms. The maximum atomic E-state index is 13.2. The van der Waals surface area contributed by atoms with Gasteiger partial charge in [0, 0.05) is 24.4 Å². The number of hydrazone groups is 1. The number of rotatable bonds is 5. The Balaban J connectivity index is 1.63. The van der Waals surface area contributed by atoms with Gasteiger partial charge in [-0.3, -0.25) is 15.2 Å². The molecule has 9 heteroatoms. The molecule has 0 aromatic heterocycles. The van der Waals surface area contributed by atoms with Crippen LogP contribution in [0.3, 0.4) is 0 Å². The number of nitrogens with zero attached hydrogens (tertiary/aromatic N) is 3. The van der Waals surface area contributed by atoms with Crippen LogP contribution in [0.25, 0.3) is 5.70 Å². The van der Waals surface area contributed by atoms with E-state index in [0.717, 1.165) is 11.1 Å². The third-order valence-electron chi connectivity index (χ3n) is 4.86. The van der Waals surface area contributed by atoms with Gasteiger partial charge in [-0.2, -0.15) is 8.78 Å². The van der Waals surface area contributed by atoms with E-state index in [-0.39, 0.29) is 5.91 Å². The SMILES string of the molecule is CN=CC(=C(N)c1ccccc1)N1Cc2ccc(C3NN=C(C(F)F)O3)cc2C1=O. The molecule has 1 amide bonds. The molecule has 154 valence electrons. The molecule has 2 aliphatic heterocycles. The lowest BCUT2D eigenvalue weighted by atomic mass is 10.1. The van der Waals surface area contributed by atoms with Crippen molar-refractivity contribution < 1.29 is 18.3 Å². The van der Waals surface area contributed by atoms with Gasteiger partial charge in [0.05, 0.1) is 17.9 Å². The monoisotopic (exact) mass is 411 g/mol. The minimum Gasteiger partial charge on any atom is -0.446 e. The lowest BCUT2D eigenvalue weighted by Gasteiger charge is -2.19. The molecule has 0 bridgehead atoms. The maximum Gasteiger partial charge on any atom is 0.314 e. The summed E-state index contributed by atoms with van der Waals surface area (Å²) in [4.78, 5) is 18.8. The molecule has 0 saturated heterocycles. The van der Waals surface area contributed by atoms with Crippen molar-refractivity contribution in [3.8, 4) is 0 Å². The zero-order valence-corrected chi connectivity index (χ0v) is 16.0. The molecular formula is C21H19F2N5O2. The standard InChI is InChI=1S/C21H19F2N5O2/c1-25-10-16(17(24)12-5-3-2-4-6-12)28-11-14-8-7-13(9-15(14)21(28)29)19-26-27-20(30-19)18(22)23/h2-10,18-19,26H,11,24H2,1H3. The molecular weight excluding hydrogens is 392 g/mol. The molecule has 3 N–H and O–H groups in total. The van der Waals surface area contributed by atoms with Crippen molar-refractivity contribution in [3.63, 3.8) is 0 Å².